The third kappa shape index (κ3) is 4.17. The lowest BCUT2D eigenvalue weighted by molar-refractivity contribution is -0.120. The van der Waals surface area contributed by atoms with Crippen LogP contribution in [0.25, 0.3) is 5.69 Å². The number of carbonyl (C=O) groups excluding carboxylic acids is 1. The number of nitrogens with zero attached hydrogens (tertiary/aromatic N) is 4. The van der Waals surface area contributed by atoms with Gasteiger partial charge in [-0.15, -0.1) is 11.3 Å². The highest BCUT2D eigenvalue weighted by Crippen LogP contribution is 2.22. The van der Waals surface area contributed by atoms with Crippen LogP contribution in [0.3, 0.4) is 0 Å². The van der Waals surface area contributed by atoms with E-state index in [9.17, 15) is 4.79 Å². The van der Waals surface area contributed by atoms with Gasteiger partial charge < -0.3 is 0 Å². The van der Waals surface area contributed by atoms with Crippen LogP contribution in [-0.4, -0.2) is 26.9 Å². The average molecular weight is 388 g/mol. The van der Waals surface area contributed by atoms with Crippen LogP contribution in [0.1, 0.15) is 27.5 Å². The van der Waals surface area contributed by atoms with Crippen LogP contribution in [0.4, 0.5) is 0 Å². The molecule has 0 atom stereocenters. The summed E-state index contributed by atoms with van der Waals surface area (Å²) in [5, 5.41) is 11.7. The topological polar surface area (TPSA) is 72.2 Å². The highest BCUT2D eigenvalue weighted by atomic mass is 35.5. The smallest absolute Gasteiger partial charge is 0.246 e. The highest BCUT2D eigenvalue weighted by molar-refractivity contribution is 7.09. The Bertz CT molecular complexity index is 959. The summed E-state index contributed by atoms with van der Waals surface area (Å²) in [4.78, 5) is 16.2. The number of carbonyl (C=O) groups is 1. The number of amides is 1. The molecule has 8 heteroatoms. The monoisotopic (exact) mass is 387 g/mol. The van der Waals surface area contributed by atoms with Crippen LogP contribution < -0.4 is 5.43 Å². The van der Waals surface area contributed by atoms with Crippen LogP contribution in [0.2, 0.25) is 5.15 Å². The number of thiazole rings is 1. The second-order valence-electron chi connectivity index (χ2n) is 5.87. The summed E-state index contributed by atoms with van der Waals surface area (Å²) < 4.78 is 1.65. The minimum Gasteiger partial charge on any atom is -0.273 e. The van der Waals surface area contributed by atoms with Gasteiger partial charge in [-0.05, 0) is 32.9 Å². The van der Waals surface area contributed by atoms with Crippen molar-refractivity contribution in [3.8, 4) is 5.69 Å². The first-order valence-corrected chi connectivity index (χ1v) is 9.25. The molecule has 0 unspecified atom stereocenters. The van der Waals surface area contributed by atoms with Crippen molar-refractivity contribution >= 4 is 35.1 Å². The number of aromatic nitrogens is 3. The molecule has 1 aromatic carbocycles. The molecule has 3 rings (SSSR count). The Morgan fingerprint density at radius 1 is 1.31 bits per heavy atom. The fourth-order valence-electron chi connectivity index (χ4n) is 2.38. The van der Waals surface area contributed by atoms with Gasteiger partial charge in [0.1, 0.15) is 5.15 Å². The summed E-state index contributed by atoms with van der Waals surface area (Å²) in [6.07, 6.45) is 1.70. The summed E-state index contributed by atoms with van der Waals surface area (Å²) in [5.41, 5.74) is 6.65. The van der Waals surface area contributed by atoms with E-state index in [0.29, 0.717) is 10.7 Å². The van der Waals surface area contributed by atoms with E-state index in [1.165, 1.54) is 17.6 Å². The van der Waals surface area contributed by atoms with E-state index in [2.05, 4.69) is 20.6 Å². The number of benzene rings is 1. The Hall–Kier alpha value is -2.51. The molecule has 1 amide bonds. The number of rotatable bonds is 5. The van der Waals surface area contributed by atoms with Gasteiger partial charge in [0.25, 0.3) is 0 Å². The molecule has 0 spiro atoms. The first-order chi connectivity index (χ1) is 12.4. The molecule has 0 aliphatic carbocycles. The Labute approximate surface area is 160 Å². The van der Waals surface area contributed by atoms with Crippen molar-refractivity contribution in [2.24, 2.45) is 5.10 Å². The van der Waals surface area contributed by atoms with Gasteiger partial charge in [0.15, 0.2) is 0 Å². The van der Waals surface area contributed by atoms with E-state index in [-0.39, 0.29) is 12.3 Å². The van der Waals surface area contributed by atoms with Gasteiger partial charge in [0, 0.05) is 5.38 Å². The zero-order valence-corrected chi connectivity index (χ0v) is 16.2. The van der Waals surface area contributed by atoms with Crippen molar-refractivity contribution in [3.05, 3.63) is 62.3 Å². The third-order valence-electron chi connectivity index (χ3n) is 3.72. The second-order valence-corrected chi connectivity index (χ2v) is 7.29. The molecule has 26 heavy (non-hydrogen) atoms. The van der Waals surface area contributed by atoms with Crippen molar-refractivity contribution in [3.63, 3.8) is 0 Å². The van der Waals surface area contributed by atoms with Crippen molar-refractivity contribution in [2.75, 3.05) is 0 Å². The first-order valence-electron chi connectivity index (χ1n) is 7.99. The van der Waals surface area contributed by atoms with Crippen molar-refractivity contribution in [2.45, 2.75) is 27.2 Å². The number of aryl methyl sites for hydroxylation is 3. The van der Waals surface area contributed by atoms with Gasteiger partial charge in [-0.2, -0.15) is 10.2 Å². The van der Waals surface area contributed by atoms with Gasteiger partial charge in [-0.3, -0.25) is 4.79 Å². The van der Waals surface area contributed by atoms with E-state index >= 15 is 0 Å². The fourth-order valence-corrected chi connectivity index (χ4v) is 3.31. The van der Waals surface area contributed by atoms with Crippen LogP contribution in [0.15, 0.2) is 34.7 Å². The molecule has 6 nitrogen and oxygen atoms in total. The largest absolute Gasteiger partial charge is 0.273 e. The molecule has 0 radical (unpaired) electrons. The third-order valence-corrected chi connectivity index (χ3v) is 4.90. The van der Waals surface area contributed by atoms with E-state index in [4.69, 9.17) is 11.6 Å². The zero-order valence-electron chi connectivity index (χ0n) is 14.7. The molecule has 2 aromatic heterocycles. The molecular weight excluding hydrogens is 370 g/mol. The number of nitrogens with one attached hydrogen (secondary N) is 1. The fraction of sp³-hybridized carbons (Fsp3) is 0.222. The van der Waals surface area contributed by atoms with E-state index in [1.807, 2.05) is 50.4 Å². The van der Waals surface area contributed by atoms with Crippen LogP contribution >= 0.6 is 22.9 Å². The van der Waals surface area contributed by atoms with Crippen molar-refractivity contribution in [1.82, 2.24) is 20.2 Å². The SMILES string of the molecule is Cc1ccc(-n2nc(C)c(/C=N/NC(=O)Cc3csc(C)n3)c2Cl)cc1. The number of hydrazone groups is 1. The molecule has 0 aliphatic heterocycles. The van der Waals surface area contributed by atoms with Crippen LogP contribution in [0.5, 0.6) is 0 Å². The normalized spacial score (nSPS) is 11.2. The number of halogens is 1. The Balaban J connectivity index is 1.70. The van der Waals surface area contributed by atoms with E-state index in [1.54, 1.807) is 4.68 Å². The van der Waals surface area contributed by atoms with Gasteiger partial charge in [0.05, 0.1) is 40.3 Å². The molecule has 0 saturated carbocycles. The summed E-state index contributed by atoms with van der Waals surface area (Å²) >= 11 is 7.95. The molecule has 1 N–H and O–H groups in total. The second kappa shape index (κ2) is 7.80. The van der Waals surface area contributed by atoms with Gasteiger partial charge >= 0.3 is 0 Å². The molecule has 0 saturated heterocycles. The van der Waals surface area contributed by atoms with Crippen molar-refractivity contribution in [1.29, 1.82) is 0 Å². The maximum atomic E-state index is 11.9. The number of hydrogen-bond acceptors (Lipinski definition) is 5. The Morgan fingerprint density at radius 2 is 2.04 bits per heavy atom. The minimum absolute atomic E-state index is 0.191. The van der Waals surface area contributed by atoms with E-state index < -0.39 is 0 Å². The maximum absolute atomic E-state index is 11.9. The number of hydrogen-bond donors (Lipinski definition) is 1. The summed E-state index contributed by atoms with van der Waals surface area (Å²) in [5.74, 6) is -0.230. The summed E-state index contributed by atoms with van der Waals surface area (Å²) in [6.45, 7) is 5.77. The maximum Gasteiger partial charge on any atom is 0.246 e. The predicted molar refractivity (Wildman–Crippen MR) is 104 cm³/mol. The van der Waals surface area contributed by atoms with Gasteiger partial charge in [0.2, 0.25) is 5.91 Å². The molecular formula is C18H18ClN5OS. The Kier molecular flexibility index (Phi) is 5.49. The Morgan fingerprint density at radius 3 is 2.69 bits per heavy atom. The van der Waals surface area contributed by atoms with Gasteiger partial charge in [-0.25, -0.2) is 15.1 Å². The molecule has 0 bridgehead atoms. The molecule has 134 valence electrons. The highest BCUT2D eigenvalue weighted by Gasteiger charge is 2.13. The van der Waals surface area contributed by atoms with Crippen LogP contribution in [0, 0.1) is 20.8 Å². The average Bonchev–Trinajstić information content (AvgIpc) is 3.13. The van der Waals surface area contributed by atoms with Crippen molar-refractivity contribution < 1.29 is 4.79 Å². The first kappa shape index (κ1) is 18.3. The molecule has 0 fully saturated rings. The minimum atomic E-state index is -0.230. The molecule has 0 aliphatic rings. The lowest BCUT2D eigenvalue weighted by Crippen LogP contribution is -2.20. The summed E-state index contributed by atoms with van der Waals surface area (Å²) in [6, 6.07) is 7.89. The van der Waals surface area contributed by atoms with E-state index in [0.717, 1.165) is 27.6 Å². The predicted octanol–water partition coefficient (Wildman–Crippen LogP) is 3.60. The standard InChI is InChI=1S/C18H18ClN5OS/c1-11-4-6-15(7-5-11)24-18(19)16(12(2)23-24)9-20-22-17(25)8-14-10-26-13(3)21-14/h4-7,9-10H,8H2,1-3H3,(H,22,25)/b20-9+. The van der Waals surface area contributed by atoms with Crippen LogP contribution in [-0.2, 0) is 11.2 Å². The quantitative estimate of drug-likeness (QED) is 0.537. The lowest BCUT2D eigenvalue weighted by Gasteiger charge is -2.03. The molecule has 2 heterocycles. The summed E-state index contributed by atoms with van der Waals surface area (Å²) in [7, 11) is 0. The van der Waals surface area contributed by atoms with Gasteiger partial charge in [-0.1, -0.05) is 29.3 Å². The lowest BCUT2D eigenvalue weighted by atomic mass is 10.2. The zero-order chi connectivity index (χ0) is 18.7. The molecule has 3 aromatic rings.